The van der Waals surface area contributed by atoms with Gasteiger partial charge in [0.1, 0.15) is 6.61 Å². The number of nitrogens with zero attached hydrogens (tertiary/aromatic N) is 1. The van der Waals surface area contributed by atoms with Gasteiger partial charge in [0.2, 0.25) is 15.9 Å². The summed E-state index contributed by atoms with van der Waals surface area (Å²) in [6, 6.07) is 26.3. The van der Waals surface area contributed by atoms with Crippen LogP contribution in [0.5, 0.6) is 0 Å². The Balaban J connectivity index is 1.79. The summed E-state index contributed by atoms with van der Waals surface area (Å²) in [5.74, 6) is -1.73. The van der Waals surface area contributed by atoms with Crippen molar-refractivity contribution < 1.29 is 27.9 Å². The number of carbonyl (C=O) groups excluding carboxylic acids is 2. The summed E-state index contributed by atoms with van der Waals surface area (Å²) in [6.07, 6.45) is -0.293. The Morgan fingerprint density at radius 3 is 1.91 bits per heavy atom. The van der Waals surface area contributed by atoms with Gasteiger partial charge >= 0.3 is 5.97 Å². The number of benzene rings is 3. The van der Waals surface area contributed by atoms with E-state index < -0.39 is 45.4 Å². The van der Waals surface area contributed by atoms with Crippen molar-refractivity contribution in [3.63, 3.8) is 0 Å². The number of amides is 1. The summed E-state index contributed by atoms with van der Waals surface area (Å²) in [5.41, 5.74) is 0.704. The van der Waals surface area contributed by atoms with Crippen LogP contribution in [-0.4, -0.2) is 54.9 Å². The Morgan fingerprint density at radius 2 is 1.36 bits per heavy atom. The van der Waals surface area contributed by atoms with Crippen molar-refractivity contribution in [1.82, 2.24) is 9.62 Å². The van der Waals surface area contributed by atoms with Gasteiger partial charge in [-0.25, -0.2) is 8.42 Å². The highest BCUT2D eigenvalue weighted by Gasteiger charge is 2.41. The van der Waals surface area contributed by atoms with Crippen LogP contribution < -0.4 is 5.32 Å². The van der Waals surface area contributed by atoms with E-state index in [1.807, 2.05) is 74.5 Å². The molecular weight excluding hydrogens is 576 g/mol. The van der Waals surface area contributed by atoms with Crippen molar-refractivity contribution in [2.75, 3.05) is 13.1 Å². The third-order valence-corrected chi connectivity index (χ3v) is 9.78. The van der Waals surface area contributed by atoms with Crippen molar-refractivity contribution in [3.8, 4) is 0 Å². The van der Waals surface area contributed by atoms with E-state index in [4.69, 9.17) is 4.74 Å². The Labute approximate surface area is 262 Å². The molecule has 2 N–H and O–H groups in total. The van der Waals surface area contributed by atoms with Crippen LogP contribution in [0.1, 0.15) is 52.2 Å². The molecule has 0 bridgehead atoms. The number of esters is 1. The topological polar surface area (TPSA) is 113 Å². The molecule has 0 fully saturated rings. The number of nitrogens with one attached hydrogen (secondary N) is 1. The zero-order valence-corrected chi connectivity index (χ0v) is 27.2. The zero-order valence-electron chi connectivity index (χ0n) is 26.3. The van der Waals surface area contributed by atoms with Crippen molar-refractivity contribution in [2.45, 2.75) is 71.1 Å². The summed E-state index contributed by atoms with van der Waals surface area (Å²) in [7, 11) is -3.90. The van der Waals surface area contributed by atoms with E-state index in [0.717, 1.165) is 11.1 Å². The van der Waals surface area contributed by atoms with Crippen LogP contribution in [0.4, 0.5) is 0 Å². The number of ether oxygens (including phenoxy) is 1. The highest BCUT2D eigenvalue weighted by Crippen LogP contribution is 2.29. The molecule has 0 unspecified atom stereocenters. The van der Waals surface area contributed by atoms with E-state index >= 15 is 0 Å². The van der Waals surface area contributed by atoms with Gasteiger partial charge in [-0.3, -0.25) is 9.59 Å². The minimum Gasteiger partial charge on any atom is -0.460 e. The number of hydrogen-bond donors (Lipinski definition) is 2. The number of hydrogen-bond acceptors (Lipinski definition) is 6. The molecule has 3 rings (SSSR count). The maximum absolute atomic E-state index is 13.6. The predicted molar refractivity (Wildman–Crippen MR) is 172 cm³/mol. The smallest absolute Gasteiger partial charge is 0.312 e. The van der Waals surface area contributed by atoms with Gasteiger partial charge in [-0.15, -0.1) is 0 Å². The molecular formula is C35H46N2O6S. The van der Waals surface area contributed by atoms with E-state index in [-0.39, 0.29) is 30.5 Å². The van der Waals surface area contributed by atoms with Gasteiger partial charge in [-0.05, 0) is 55.9 Å². The van der Waals surface area contributed by atoms with Crippen LogP contribution in [-0.2, 0) is 37.4 Å². The van der Waals surface area contributed by atoms with Crippen molar-refractivity contribution in [1.29, 1.82) is 0 Å². The molecule has 0 aliphatic rings. The molecule has 8 nitrogen and oxygen atoms in total. The molecule has 9 heteroatoms. The maximum Gasteiger partial charge on any atom is 0.312 e. The molecule has 0 saturated heterocycles. The quantitative estimate of drug-likeness (QED) is 0.212. The van der Waals surface area contributed by atoms with Crippen molar-refractivity contribution in [3.05, 3.63) is 102 Å². The summed E-state index contributed by atoms with van der Waals surface area (Å²) in [4.78, 5) is 26.8. The molecule has 0 saturated carbocycles. The average molecular weight is 623 g/mol. The van der Waals surface area contributed by atoms with Gasteiger partial charge in [0.05, 0.1) is 28.4 Å². The second kappa shape index (κ2) is 16.0. The molecule has 0 radical (unpaired) electrons. The normalized spacial score (nSPS) is 14.2. The summed E-state index contributed by atoms with van der Waals surface area (Å²) in [5, 5.41) is 14.5. The van der Waals surface area contributed by atoms with Crippen LogP contribution >= 0.6 is 0 Å². The van der Waals surface area contributed by atoms with E-state index in [1.54, 1.807) is 39.0 Å². The summed E-state index contributed by atoms with van der Waals surface area (Å²) < 4.78 is 34.0. The first kappa shape index (κ1) is 35.0. The number of aryl methyl sites for hydroxylation is 1. The van der Waals surface area contributed by atoms with E-state index in [1.165, 1.54) is 16.4 Å². The van der Waals surface area contributed by atoms with Crippen molar-refractivity contribution >= 4 is 21.9 Å². The molecule has 0 aliphatic carbocycles. The number of carbonyl (C=O) groups is 2. The molecule has 1 amide bonds. The number of sulfonamides is 1. The van der Waals surface area contributed by atoms with Gasteiger partial charge in [0.15, 0.2) is 0 Å². The Morgan fingerprint density at radius 1 is 0.841 bits per heavy atom. The minimum atomic E-state index is -3.90. The lowest BCUT2D eigenvalue weighted by Gasteiger charge is -2.33. The van der Waals surface area contributed by atoms with Crippen LogP contribution in [0, 0.1) is 17.3 Å². The number of aliphatic hydroxyl groups is 1. The van der Waals surface area contributed by atoms with Gasteiger partial charge in [-0.2, -0.15) is 4.31 Å². The van der Waals surface area contributed by atoms with Gasteiger partial charge < -0.3 is 15.2 Å². The first-order chi connectivity index (χ1) is 20.8. The summed E-state index contributed by atoms with van der Waals surface area (Å²) >= 11 is 0. The predicted octanol–water partition coefficient (Wildman–Crippen LogP) is 5.22. The molecule has 44 heavy (non-hydrogen) atoms. The Kier molecular flexibility index (Phi) is 12.7. The molecule has 3 atom stereocenters. The highest BCUT2D eigenvalue weighted by molar-refractivity contribution is 7.89. The lowest BCUT2D eigenvalue weighted by molar-refractivity contribution is -0.161. The molecule has 0 aromatic heterocycles. The second-order valence-corrected chi connectivity index (χ2v) is 14.2. The Bertz CT molecular complexity index is 1430. The minimum absolute atomic E-state index is 0.000710. The van der Waals surface area contributed by atoms with Crippen LogP contribution in [0.15, 0.2) is 95.9 Å². The molecule has 3 aromatic carbocycles. The fraction of sp³-hybridized carbons (Fsp3) is 0.429. The van der Waals surface area contributed by atoms with Gasteiger partial charge in [0.25, 0.3) is 0 Å². The Hall–Kier alpha value is -3.53. The number of aliphatic hydroxyl groups excluding tert-OH is 1. The monoisotopic (exact) mass is 622 g/mol. The fourth-order valence-electron chi connectivity index (χ4n) is 4.80. The molecule has 0 aliphatic heterocycles. The SMILES string of the molecule is CC(C)CN(C[C@@H](O)[C@H](CCc1ccccc1)NC(=O)[C@H](C)C(C)(C)C(=O)OCc1ccccc1)S(=O)(=O)c1ccccc1. The summed E-state index contributed by atoms with van der Waals surface area (Å²) in [6.45, 7) is 8.90. The van der Waals surface area contributed by atoms with Crippen LogP contribution in [0.3, 0.4) is 0 Å². The first-order valence-electron chi connectivity index (χ1n) is 15.1. The largest absolute Gasteiger partial charge is 0.460 e. The third kappa shape index (κ3) is 9.74. The highest BCUT2D eigenvalue weighted by atomic mass is 32.2. The zero-order chi connectivity index (χ0) is 32.3. The average Bonchev–Trinajstić information content (AvgIpc) is 3.02. The molecule has 0 spiro atoms. The van der Waals surface area contributed by atoms with E-state index in [2.05, 4.69) is 5.32 Å². The van der Waals surface area contributed by atoms with Crippen molar-refractivity contribution in [2.24, 2.45) is 17.3 Å². The van der Waals surface area contributed by atoms with Crippen LogP contribution in [0.25, 0.3) is 0 Å². The van der Waals surface area contributed by atoms with E-state index in [0.29, 0.717) is 12.8 Å². The lowest BCUT2D eigenvalue weighted by Crippen LogP contribution is -2.53. The second-order valence-electron chi connectivity index (χ2n) is 12.2. The van der Waals surface area contributed by atoms with Gasteiger partial charge in [-0.1, -0.05) is 99.6 Å². The maximum atomic E-state index is 13.6. The molecule has 238 valence electrons. The third-order valence-electron chi connectivity index (χ3n) is 7.93. The van der Waals surface area contributed by atoms with Crippen LogP contribution in [0.2, 0.25) is 0 Å². The molecule has 0 heterocycles. The molecule has 3 aromatic rings. The van der Waals surface area contributed by atoms with Gasteiger partial charge in [0, 0.05) is 13.1 Å². The number of rotatable bonds is 16. The first-order valence-corrected chi connectivity index (χ1v) is 16.5. The van der Waals surface area contributed by atoms with E-state index in [9.17, 15) is 23.1 Å². The fourth-order valence-corrected chi connectivity index (χ4v) is 6.45. The lowest BCUT2D eigenvalue weighted by atomic mass is 9.79. The standard InChI is InChI=1S/C35H46N2O6S/c1-26(2)23-37(44(41,42)30-19-13-8-14-20-30)24-32(38)31(22-21-28-15-9-6-10-16-28)36-33(39)27(3)35(4,5)34(40)43-25-29-17-11-7-12-18-29/h6-20,26-27,31-32,38H,21-25H2,1-5H3,(H,36,39)/t27-,31-,32+/m0/s1.